The predicted octanol–water partition coefficient (Wildman–Crippen LogP) is 8.76. The number of nitrogens with one attached hydrogen (secondary N) is 2. The summed E-state index contributed by atoms with van der Waals surface area (Å²) >= 11 is 17.3. The van der Waals surface area contributed by atoms with E-state index in [1.54, 1.807) is 0 Å². The number of carbonyl (C=O) groups is 2. The lowest BCUT2D eigenvalue weighted by molar-refractivity contribution is -0.160. The van der Waals surface area contributed by atoms with Crippen LogP contribution < -0.4 is 10.6 Å². The number of amides is 2. The Morgan fingerprint density at radius 2 is 1.67 bits per heavy atom. The van der Waals surface area contributed by atoms with Gasteiger partial charge in [-0.25, -0.2) is 13.2 Å². The highest BCUT2D eigenvalue weighted by Crippen LogP contribution is 2.42. The molecule has 0 aromatic heterocycles. The molecule has 1 atom stereocenters. The Balaban J connectivity index is 1.85. The highest BCUT2D eigenvalue weighted by Gasteiger charge is 2.54. The molecule has 16 heteroatoms. The van der Waals surface area contributed by atoms with Crippen molar-refractivity contribution in [3.63, 3.8) is 0 Å². The molecule has 2 aliphatic carbocycles. The van der Waals surface area contributed by atoms with Gasteiger partial charge in [0.15, 0.2) is 0 Å². The van der Waals surface area contributed by atoms with Gasteiger partial charge in [0.25, 0.3) is 11.8 Å². The van der Waals surface area contributed by atoms with E-state index in [1.807, 2.05) is 0 Å². The molecule has 0 saturated heterocycles. The Morgan fingerprint density at radius 1 is 1.07 bits per heavy atom. The van der Waals surface area contributed by atoms with E-state index in [0.29, 0.717) is 12.1 Å². The van der Waals surface area contributed by atoms with Crippen molar-refractivity contribution in [1.82, 2.24) is 10.6 Å². The van der Waals surface area contributed by atoms with Crippen molar-refractivity contribution < 1.29 is 49.1 Å². The van der Waals surface area contributed by atoms with Gasteiger partial charge in [0.2, 0.25) is 5.91 Å². The fourth-order valence-electron chi connectivity index (χ4n) is 4.12. The molecule has 0 bridgehead atoms. The second kappa shape index (κ2) is 12.8. The number of halogens is 12. The van der Waals surface area contributed by atoms with Crippen LogP contribution in [0.15, 0.2) is 58.1 Å². The summed E-state index contributed by atoms with van der Waals surface area (Å²) in [5.41, 5.74) is -5.23. The average molecular weight is 684 g/mol. The van der Waals surface area contributed by atoms with Crippen molar-refractivity contribution in [2.45, 2.75) is 62.0 Å². The van der Waals surface area contributed by atoms with Crippen molar-refractivity contribution in [2.75, 3.05) is 0 Å². The first-order valence-electron chi connectivity index (χ1n) is 12.4. The van der Waals surface area contributed by atoms with Crippen LogP contribution in [0.1, 0.15) is 53.6 Å². The van der Waals surface area contributed by atoms with E-state index in [2.05, 4.69) is 17.2 Å². The maximum atomic E-state index is 14.9. The van der Waals surface area contributed by atoms with Crippen LogP contribution in [0.25, 0.3) is 5.83 Å². The van der Waals surface area contributed by atoms with Gasteiger partial charge in [0, 0.05) is 24.4 Å². The topological polar surface area (TPSA) is 58.2 Å². The van der Waals surface area contributed by atoms with Crippen molar-refractivity contribution in [3.05, 3.63) is 74.8 Å². The Bertz CT molecular complexity index is 1370. The molecule has 236 valence electrons. The van der Waals surface area contributed by atoms with Crippen LogP contribution in [-0.2, 0) is 11.0 Å². The second-order valence-electron chi connectivity index (χ2n) is 10.0. The van der Waals surface area contributed by atoms with Gasteiger partial charge in [0.1, 0.15) is 11.4 Å². The molecule has 0 heterocycles. The van der Waals surface area contributed by atoms with Crippen molar-refractivity contribution in [2.24, 2.45) is 5.92 Å². The summed E-state index contributed by atoms with van der Waals surface area (Å²) in [7, 11) is 0. The lowest BCUT2D eigenvalue weighted by Gasteiger charge is -2.36. The van der Waals surface area contributed by atoms with E-state index in [0.717, 1.165) is 12.2 Å². The van der Waals surface area contributed by atoms with E-state index < -0.39 is 94.4 Å². The first-order chi connectivity index (χ1) is 19.7. The normalized spacial score (nSPS) is 20.0. The molecule has 4 nitrogen and oxygen atoms in total. The number of alkyl halides is 8. The molecule has 1 aromatic rings. The molecule has 43 heavy (non-hydrogen) atoms. The molecule has 1 aromatic carbocycles. The molecule has 2 saturated carbocycles. The van der Waals surface area contributed by atoms with Crippen LogP contribution in [0, 0.1) is 5.92 Å². The SMILES string of the molecule is C=C/C(Cl)=C(Cl)\C(Cl)=C/CC(/C=C(\F)c1ccc(C(=O)NC2(C(=O)NC3CC(F)(F)C3)CC2)c(C(F)(F)F)c1)C(F)(F)F. The summed E-state index contributed by atoms with van der Waals surface area (Å²) < 4.78 is 124. The molecule has 2 amide bonds. The lowest BCUT2D eigenvalue weighted by Crippen LogP contribution is -2.57. The van der Waals surface area contributed by atoms with E-state index >= 15 is 0 Å². The summed E-state index contributed by atoms with van der Waals surface area (Å²) in [5, 5.41) is 3.59. The van der Waals surface area contributed by atoms with Crippen LogP contribution in [-0.4, -0.2) is 35.5 Å². The maximum Gasteiger partial charge on any atom is 0.417 e. The molecule has 0 aliphatic heterocycles. The number of hydrogen-bond donors (Lipinski definition) is 2. The quantitative estimate of drug-likeness (QED) is 0.192. The number of hydrogen-bond acceptors (Lipinski definition) is 2. The monoisotopic (exact) mass is 682 g/mol. The van der Waals surface area contributed by atoms with Crippen LogP contribution >= 0.6 is 34.8 Å². The third-order valence-electron chi connectivity index (χ3n) is 6.73. The average Bonchev–Trinajstić information content (AvgIpc) is 3.67. The number of carbonyl (C=O) groups excluding carboxylic acids is 2. The van der Waals surface area contributed by atoms with E-state index in [9.17, 15) is 49.1 Å². The summed E-state index contributed by atoms with van der Waals surface area (Å²) in [4.78, 5) is 25.3. The predicted molar refractivity (Wildman–Crippen MR) is 143 cm³/mol. The third-order valence-corrected chi connectivity index (χ3v) is 8.01. The first-order valence-corrected chi connectivity index (χ1v) is 13.5. The van der Waals surface area contributed by atoms with Gasteiger partial charge in [-0.1, -0.05) is 53.5 Å². The van der Waals surface area contributed by atoms with Crippen molar-refractivity contribution in [3.8, 4) is 0 Å². The second-order valence-corrected chi connectivity index (χ2v) is 11.2. The van der Waals surface area contributed by atoms with Gasteiger partial charge in [0.05, 0.1) is 32.1 Å². The largest absolute Gasteiger partial charge is 0.417 e. The van der Waals surface area contributed by atoms with Gasteiger partial charge >= 0.3 is 12.4 Å². The highest BCUT2D eigenvalue weighted by molar-refractivity contribution is 6.48. The Labute approximate surface area is 254 Å². The third kappa shape index (κ3) is 8.72. The molecular formula is C27H22Cl3F9N2O2. The molecule has 1 unspecified atom stereocenters. The number of benzene rings is 1. The van der Waals surface area contributed by atoms with E-state index in [1.165, 1.54) is 0 Å². The first kappa shape index (κ1) is 34.8. The zero-order chi connectivity index (χ0) is 32.5. The van der Waals surface area contributed by atoms with Crippen molar-refractivity contribution >= 4 is 52.4 Å². The fourth-order valence-corrected chi connectivity index (χ4v) is 4.62. The Hall–Kier alpha value is -2.64. The van der Waals surface area contributed by atoms with Gasteiger partial charge in [-0.15, -0.1) is 0 Å². The molecule has 0 spiro atoms. The minimum Gasteiger partial charge on any atom is -0.351 e. The Kier molecular flexibility index (Phi) is 10.3. The summed E-state index contributed by atoms with van der Waals surface area (Å²) in [5.74, 6) is -9.37. The van der Waals surface area contributed by atoms with E-state index in [4.69, 9.17) is 34.8 Å². The van der Waals surface area contributed by atoms with Gasteiger partial charge in [-0.05, 0) is 43.5 Å². The molecular weight excluding hydrogens is 662 g/mol. The zero-order valence-corrected chi connectivity index (χ0v) is 24.0. The molecule has 2 fully saturated rings. The summed E-state index contributed by atoms with van der Waals surface area (Å²) in [6, 6.07) is 0.535. The number of rotatable bonds is 10. The zero-order valence-electron chi connectivity index (χ0n) is 21.7. The van der Waals surface area contributed by atoms with Gasteiger partial charge < -0.3 is 10.6 Å². The molecule has 3 rings (SSSR count). The Morgan fingerprint density at radius 3 is 2.16 bits per heavy atom. The van der Waals surface area contributed by atoms with Crippen LogP contribution in [0.2, 0.25) is 0 Å². The molecule has 2 N–H and O–H groups in total. The summed E-state index contributed by atoms with van der Waals surface area (Å²) in [6.07, 6.45) is -10.5. The number of allylic oxidation sites excluding steroid dienone is 6. The van der Waals surface area contributed by atoms with Crippen LogP contribution in [0.5, 0.6) is 0 Å². The van der Waals surface area contributed by atoms with Crippen LogP contribution in [0.3, 0.4) is 0 Å². The lowest BCUT2D eigenvalue weighted by atomic mass is 9.88. The minimum atomic E-state index is -5.26. The summed E-state index contributed by atoms with van der Waals surface area (Å²) in [6.45, 7) is 3.32. The highest BCUT2D eigenvalue weighted by atomic mass is 35.5. The minimum absolute atomic E-state index is 0.0303. The maximum absolute atomic E-state index is 14.9. The van der Waals surface area contributed by atoms with Gasteiger partial charge in [-0.2, -0.15) is 26.3 Å². The molecule has 2 aliphatic rings. The van der Waals surface area contributed by atoms with Crippen molar-refractivity contribution in [1.29, 1.82) is 0 Å². The van der Waals surface area contributed by atoms with E-state index in [-0.39, 0.29) is 35.0 Å². The molecule has 0 radical (unpaired) electrons. The van der Waals surface area contributed by atoms with Gasteiger partial charge in [-0.3, -0.25) is 9.59 Å². The fraction of sp³-hybridized carbons (Fsp3) is 0.407. The van der Waals surface area contributed by atoms with Crippen LogP contribution in [0.4, 0.5) is 39.5 Å². The standard InChI is InChI=1S/C27H22Cl3F9N2O2/c1-2-18(28)21(30)19(29)6-4-14(26(34,35)36)10-20(31)13-3-5-16(17(9-13)27(37,38)39)22(42)41-24(7-8-24)23(43)40-15-11-25(32,33)12-15/h2-3,5-6,9-10,14-15H,1,4,7-8,11-12H2,(H,40,43)(H,41,42)/b19-6+,20-10-,21-18-. The smallest absolute Gasteiger partial charge is 0.351 e.